The summed E-state index contributed by atoms with van der Waals surface area (Å²) >= 11 is 0. The molecule has 4 aromatic rings. The Morgan fingerprint density at radius 2 is 1.78 bits per heavy atom. The number of methoxy groups -OCH3 is 2. The molecule has 0 aliphatic carbocycles. The van der Waals surface area contributed by atoms with Crippen LogP contribution in [0.3, 0.4) is 0 Å². The smallest absolute Gasteiger partial charge is 0.469 e. The number of nitrogens with one attached hydrogen (secondary N) is 2. The number of carbonyl (C=O) groups is 4. The molecule has 17 nitrogen and oxygen atoms in total. The number of nitrogens with zero attached hydrogens (tertiary/aromatic N) is 5. The van der Waals surface area contributed by atoms with Crippen molar-refractivity contribution in [2.75, 3.05) is 37.2 Å². The lowest BCUT2D eigenvalue weighted by atomic mass is 9.79. The Morgan fingerprint density at radius 1 is 1.04 bits per heavy atom. The largest absolute Gasteiger partial charge is 0.491 e. The van der Waals surface area contributed by atoms with Gasteiger partial charge in [-0.15, -0.1) is 0 Å². The highest BCUT2D eigenvalue weighted by Gasteiger charge is 2.24. The zero-order valence-electron chi connectivity index (χ0n) is 26.5. The summed E-state index contributed by atoms with van der Waals surface area (Å²) in [5.41, 5.74) is 7.34. The average Bonchev–Trinajstić information content (AvgIpc) is 3.08. The summed E-state index contributed by atoms with van der Waals surface area (Å²) in [5.74, 6) is -2.91. The van der Waals surface area contributed by atoms with Crippen LogP contribution in [0.2, 0.25) is 0 Å². The molecule has 2 heterocycles. The van der Waals surface area contributed by atoms with Gasteiger partial charge in [-0.3, -0.25) is 14.9 Å². The molecule has 256 valence electrons. The highest BCUT2D eigenvalue weighted by molar-refractivity contribution is 6.58. The molecular formula is C30H32BFN8O9. The molecule has 0 fully saturated rings. The van der Waals surface area contributed by atoms with E-state index >= 15 is 0 Å². The second kappa shape index (κ2) is 16.2. The van der Waals surface area contributed by atoms with Crippen molar-refractivity contribution in [3.05, 3.63) is 71.3 Å². The van der Waals surface area contributed by atoms with E-state index in [4.69, 9.17) is 25.3 Å². The number of aromatic nitrogens is 4. The van der Waals surface area contributed by atoms with Gasteiger partial charge in [-0.05, 0) is 42.3 Å². The predicted octanol–water partition coefficient (Wildman–Crippen LogP) is 0.431. The molecule has 0 spiro atoms. The second-order valence-corrected chi connectivity index (χ2v) is 10.5. The molecule has 4 rings (SSSR count). The maximum absolute atomic E-state index is 14.0. The Kier molecular flexibility index (Phi) is 11.9. The summed E-state index contributed by atoms with van der Waals surface area (Å²) in [5, 5.41) is 23.3. The van der Waals surface area contributed by atoms with E-state index in [2.05, 4.69) is 35.3 Å². The van der Waals surface area contributed by atoms with Gasteiger partial charge in [-0.25, -0.2) is 23.9 Å². The van der Waals surface area contributed by atoms with Crippen molar-refractivity contribution in [2.24, 2.45) is 0 Å². The van der Waals surface area contributed by atoms with E-state index in [0.29, 0.717) is 11.4 Å². The van der Waals surface area contributed by atoms with Gasteiger partial charge >= 0.3 is 25.2 Å². The first-order chi connectivity index (χ1) is 23.4. The zero-order chi connectivity index (χ0) is 35.7. The van der Waals surface area contributed by atoms with Crippen LogP contribution in [0.4, 0.5) is 26.6 Å². The highest BCUT2D eigenvalue weighted by Crippen LogP contribution is 2.21. The number of benzene rings is 2. The fraction of sp³-hybridized carbons (Fsp3) is 0.267. The van der Waals surface area contributed by atoms with Gasteiger partial charge in [0.15, 0.2) is 17.0 Å². The molecule has 1 atom stereocenters. The van der Waals surface area contributed by atoms with Crippen molar-refractivity contribution in [3.8, 4) is 0 Å². The number of halogens is 1. The Balaban J connectivity index is 1.42. The van der Waals surface area contributed by atoms with E-state index in [0.717, 1.165) is 12.1 Å². The Labute approximate surface area is 278 Å². The molecule has 2 aromatic carbocycles. The van der Waals surface area contributed by atoms with Crippen molar-refractivity contribution in [2.45, 2.75) is 32.0 Å². The normalized spacial score (nSPS) is 11.3. The molecule has 0 unspecified atom stereocenters. The van der Waals surface area contributed by atoms with E-state index in [1.807, 2.05) is 4.90 Å². The maximum Gasteiger partial charge on any atom is 0.491 e. The Hall–Kier alpha value is -5.95. The van der Waals surface area contributed by atoms with Crippen LogP contribution in [0, 0.1) is 5.82 Å². The van der Waals surface area contributed by atoms with Gasteiger partial charge in [0.1, 0.15) is 18.5 Å². The number of hydrogen-bond donors (Lipinski definition) is 5. The van der Waals surface area contributed by atoms with Crippen LogP contribution in [0.5, 0.6) is 0 Å². The van der Waals surface area contributed by atoms with Crippen molar-refractivity contribution in [1.82, 2.24) is 25.3 Å². The molecule has 0 bridgehead atoms. The lowest BCUT2D eigenvalue weighted by molar-refractivity contribution is -0.144. The number of fused-ring (bicyclic) bond motifs is 1. The Bertz CT molecular complexity index is 1850. The van der Waals surface area contributed by atoms with Crippen LogP contribution in [0.15, 0.2) is 48.7 Å². The third-order valence-electron chi connectivity index (χ3n) is 7.03. The van der Waals surface area contributed by atoms with E-state index in [1.165, 1.54) is 26.5 Å². The number of nitrogen functional groups attached to an aromatic ring is 1. The molecule has 0 aliphatic rings. The summed E-state index contributed by atoms with van der Waals surface area (Å²) in [7, 11) is 2.19. The minimum Gasteiger partial charge on any atom is -0.469 e. The first-order valence-corrected chi connectivity index (χ1v) is 14.5. The molecule has 2 aromatic heterocycles. The van der Waals surface area contributed by atoms with Crippen molar-refractivity contribution in [1.29, 1.82) is 0 Å². The number of ether oxygens (including phenoxy) is 3. The van der Waals surface area contributed by atoms with Crippen molar-refractivity contribution in [3.63, 3.8) is 0 Å². The van der Waals surface area contributed by atoms with Crippen LogP contribution in [-0.2, 0) is 37.0 Å². The fourth-order valence-corrected chi connectivity index (χ4v) is 4.47. The predicted molar refractivity (Wildman–Crippen MR) is 173 cm³/mol. The maximum atomic E-state index is 14.0. The van der Waals surface area contributed by atoms with Crippen LogP contribution in [-0.4, -0.2) is 88.4 Å². The number of esters is 2. The van der Waals surface area contributed by atoms with Gasteiger partial charge in [0.05, 0.1) is 32.7 Å². The topological polar surface area (TPSA) is 241 Å². The van der Waals surface area contributed by atoms with Crippen LogP contribution in [0.25, 0.3) is 11.2 Å². The molecule has 0 saturated carbocycles. The average molecular weight is 678 g/mol. The molecule has 49 heavy (non-hydrogen) atoms. The van der Waals surface area contributed by atoms with E-state index in [-0.39, 0.29) is 65.5 Å². The molecule has 6 N–H and O–H groups in total. The number of hydrogen-bond acceptors (Lipinski definition) is 15. The van der Waals surface area contributed by atoms with Gasteiger partial charge < -0.3 is 40.2 Å². The van der Waals surface area contributed by atoms with Gasteiger partial charge in [0, 0.05) is 30.2 Å². The molecule has 0 saturated heterocycles. The summed E-state index contributed by atoms with van der Waals surface area (Å²) in [6.45, 7) is -0.114. The molecule has 19 heteroatoms. The zero-order valence-corrected chi connectivity index (χ0v) is 26.5. The van der Waals surface area contributed by atoms with Crippen LogP contribution < -0.4 is 26.7 Å². The fourth-order valence-electron chi connectivity index (χ4n) is 4.47. The number of anilines is 3. The number of carbonyl (C=O) groups excluding carboxylic acids is 4. The van der Waals surface area contributed by atoms with Crippen LogP contribution >= 0.6 is 0 Å². The number of amides is 2. The van der Waals surface area contributed by atoms with Gasteiger partial charge in [-0.1, -0.05) is 12.1 Å². The summed E-state index contributed by atoms with van der Waals surface area (Å²) in [4.78, 5) is 67.7. The first-order valence-electron chi connectivity index (χ1n) is 14.5. The number of rotatable bonds is 13. The van der Waals surface area contributed by atoms with Gasteiger partial charge in [0.2, 0.25) is 5.95 Å². The van der Waals surface area contributed by atoms with E-state index in [9.17, 15) is 23.6 Å². The summed E-state index contributed by atoms with van der Waals surface area (Å²) < 4.78 is 28.5. The standard InChI is InChI=1S/C30H32BFN8O9/c1-40(19-7-5-17(6-8-19)27(42)36-22(28(43)48-3)10-11-23(41)47-2)14-18-13-34-25-24(35-18)26(38-29(33)37-25)39-30(44)49-15-16-4-9-20(31(45)46)21(32)12-16/h4-9,12-13,22,45-46H,10-11,14-15H2,1-3H3,(H,36,42)(H3,33,34,37,38,39,44)/t22-/m0/s1. The molecule has 0 aliphatic heterocycles. The lowest BCUT2D eigenvalue weighted by Gasteiger charge is -2.20. The summed E-state index contributed by atoms with van der Waals surface area (Å²) in [6, 6.07) is 8.98. The van der Waals surface area contributed by atoms with Gasteiger partial charge in [0.25, 0.3) is 5.91 Å². The monoisotopic (exact) mass is 678 g/mol. The number of nitrogens with two attached hydrogens (primary N) is 1. The van der Waals surface area contributed by atoms with Crippen molar-refractivity contribution < 1.29 is 47.8 Å². The lowest BCUT2D eigenvalue weighted by Crippen LogP contribution is -2.41. The van der Waals surface area contributed by atoms with E-state index in [1.54, 1.807) is 31.3 Å². The molecule has 0 radical (unpaired) electrons. The molecular weight excluding hydrogens is 646 g/mol. The Morgan fingerprint density at radius 3 is 2.43 bits per heavy atom. The molecule has 2 amide bonds. The second-order valence-electron chi connectivity index (χ2n) is 10.5. The SMILES string of the molecule is COC(=O)CC[C@H](NC(=O)c1ccc(N(C)Cc2cnc3nc(N)nc(NC(=O)OCc4ccc(B(O)O)c(F)c4)c3n2)cc1)C(=O)OC. The third-order valence-corrected chi connectivity index (χ3v) is 7.03. The minimum absolute atomic E-state index is 0.00290. The van der Waals surface area contributed by atoms with E-state index < -0.39 is 42.9 Å². The first kappa shape index (κ1) is 35.9. The highest BCUT2D eigenvalue weighted by atomic mass is 19.1. The quantitative estimate of drug-likeness (QED) is 0.0732. The third kappa shape index (κ3) is 9.55. The van der Waals surface area contributed by atoms with Crippen LogP contribution in [0.1, 0.15) is 34.5 Å². The van der Waals surface area contributed by atoms with Gasteiger partial charge in [-0.2, -0.15) is 9.97 Å². The van der Waals surface area contributed by atoms with Crippen molar-refractivity contribution >= 4 is 65.1 Å². The minimum atomic E-state index is -1.99. The summed E-state index contributed by atoms with van der Waals surface area (Å²) in [6.07, 6.45) is 0.428.